The van der Waals surface area contributed by atoms with Crippen molar-refractivity contribution in [3.05, 3.63) is 34.5 Å². The van der Waals surface area contributed by atoms with E-state index < -0.39 is 57.8 Å². The largest absolute Gasteiger partial charge is 0.461 e. The molecule has 0 aromatic heterocycles. The number of halogens is 3. The van der Waals surface area contributed by atoms with Crippen LogP contribution in [0.2, 0.25) is 0 Å². The minimum Gasteiger partial charge on any atom is -0.461 e. The van der Waals surface area contributed by atoms with Gasteiger partial charge in [-0.05, 0) is 113 Å². The van der Waals surface area contributed by atoms with Gasteiger partial charge in [-0.2, -0.15) is 8.42 Å². The lowest BCUT2D eigenvalue weighted by Crippen LogP contribution is -2.39. The van der Waals surface area contributed by atoms with Crippen molar-refractivity contribution in [1.29, 1.82) is 0 Å². The summed E-state index contributed by atoms with van der Waals surface area (Å²) < 4.78 is 48.4. The maximum absolute atomic E-state index is 13.4. The molecule has 0 amide bonds. The van der Waals surface area contributed by atoms with Crippen LogP contribution in [0.3, 0.4) is 0 Å². The van der Waals surface area contributed by atoms with E-state index in [1.807, 2.05) is 79.9 Å². The Labute approximate surface area is 244 Å². The van der Waals surface area contributed by atoms with Crippen molar-refractivity contribution in [2.75, 3.05) is 12.4 Å². The van der Waals surface area contributed by atoms with Gasteiger partial charge in [-0.25, -0.2) is 4.79 Å². The SMILES string of the molecule is CC(C)(C)OC(=O)C1C2C=CC(C2)C1C(=O)Oc1c(I)cc(I)c(C(=O)OCCS(=O)(=O)O)c1I. The molecule has 0 spiro atoms. The standard InChI is InChI=1S/C22H23I3O9S/c1-22(2,3)34-21(28)15-11-5-4-10(8-11)14(15)20(27)33-18-13(24)9-12(23)16(17(18)25)19(26)32-6-7-35(29,30)31/h4-5,9-11,14-15H,6-8H2,1-3H3,(H,29,30,31). The van der Waals surface area contributed by atoms with Crippen LogP contribution in [0.4, 0.5) is 0 Å². The quantitative estimate of drug-likeness (QED) is 0.141. The fraction of sp³-hybridized carbons (Fsp3) is 0.500. The van der Waals surface area contributed by atoms with Gasteiger partial charge in [0.05, 0.1) is 24.5 Å². The van der Waals surface area contributed by atoms with Crippen LogP contribution in [0.25, 0.3) is 0 Å². The molecule has 13 heteroatoms. The van der Waals surface area contributed by atoms with Crippen LogP contribution in [0.1, 0.15) is 37.6 Å². The Morgan fingerprint density at radius 3 is 2.14 bits per heavy atom. The zero-order chi connectivity index (χ0) is 26.3. The molecule has 3 rings (SSSR count). The number of benzene rings is 1. The molecule has 2 aliphatic carbocycles. The lowest BCUT2D eigenvalue weighted by atomic mass is 9.83. The van der Waals surface area contributed by atoms with Gasteiger partial charge in [0.1, 0.15) is 18.0 Å². The van der Waals surface area contributed by atoms with Crippen molar-refractivity contribution in [3.8, 4) is 5.75 Å². The summed E-state index contributed by atoms with van der Waals surface area (Å²) in [7, 11) is -4.29. The molecule has 1 aromatic carbocycles. The number of carbonyl (C=O) groups excluding carboxylic acids is 3. The molecule has 2 aliphatic rings. The first kappa shape index (κ1) is 29.0. The van der Waals surface area contributed by atoms with Crippen molar-refractivity contribution in [2.45, 2.75) is 32.8 Å². The van der Waals surface area contributed by atoms with Crippen molar-refractivity contribution < 1.29 is 41.6 Å². The third-order valence-corrected chi connectivity index (χ3v) is 8.88. The van der Waals surface area contributed by atoms with Crippen LogP contribution in [0.15, 0.2) is 18.2 Å². The molecule has 1 saturated carbocycles. The predicted octanol–water partition coefficient (Wildman–Crippen LogP) is 4.23. The Bertz CT molecular complexity index is 1190. The minimum absolute atomic E-state index is 0.101. The third kappa shape index (κ3) is 7.07. The molecule has 192 valence electrons. The van der Waals surface area contributed by atoms with Crippen molar-refractivity contribution in [2.24, 2.45) is 23.7 Å². The van der Waals surface area contributed by atoms with Gasteiger partial charge >= 0.3 is 17.9 Å². The Hall–Kier alpha value is -0.530. The molecule has 0 heterocycles. The first-order chi connectivity index (χ1) is 16.1. The van der Waals surface area contributed by atoms with Gasteiger partial charge in [0.25, 0.3) is 10.1 Å². The molecule has 1 aromatic rings. The fourth-order valence-electron chi connectivity index (χ4n) is 4.17. The number of carbonyl (C=O) groups is 3. The number of rotatable bonds is 7. The number of allylic oxidation sites excluding steroid dienone is 2. The molecular formula is C22H23I3O9S. The number of hydrogen-bond donors (Lipinski definition) is 1. The molecule has 4 unspecified atom stereocenters. The highest BCUT2D eigenvalue weighted by Gasteiger charge is 2.53. The first-order valence-corrected chi connectivity index (χ1v) is 15.4. The van der Waals surface area contributed by atoms with Gasteiger partial charge in [-0.3, -0.25) is 14.1 Å². The molecule has 9 nitrogen and oxygen atoms in total. The summed E-state index contributed by atoms with van der Waals surface area (Å²) in [6.07, 6.45) is 4.54. The third-order valence-electron chi connectivity index (χ3n) is 5.52. The fourth-order valence-corrected chi connectivity index (χ4v) is 8.49. The normalized spacial score (nSPS) is 23.3. The molecule has 35 heavy (non-hydrogen) atoms. The van der Waals surface area contributed by atoms with Crippen LogP contribution in [-0.2, 0) is 29.2 Å². The number of esters is 3. The Morgan fingerprint density at radius 2 is 1.60 bits per heavy atom. The number of hydrogen-bond acceptors (Lipinski definition) is 8. The average Bonchev–Trinajstić information content (AvgIpc) is 3.30. The number of ether oxygens (including phenoxy) is 3. The summed E-state index contributed by atoms with van der Waals surface area (Å²) in [5.41, 5.74) is -0.580. The first-order valence-electron chi connectivity index (χ1n) is 10.5. The maximum Gasteiger partial charge on any atom is 0.340 e. The van der Waals surface area contributed by atoms with E-state index in [4.69, 9.17) is 18.8 Å². The molecule has 1 N–H and O–H groups in total. The predicted molar refractivity (Wildman–Crippen MR) is 150 cm³/mol. The van der Waals surface area contributed by atoms with Crippen LogP contribution in [0.5, 0.6) is 5.75 Å². The summed E-state index contributed by atoms with van der Waals surface area (Å²) in [5, 5.41) is 0. The molecular weight excluding hydrogens is 821 g/mol. The summed E-state index contributed by atoms with van der Waals surface area (Å²) >= 11 is 5.79. The zero-order valence-electron chi connectivity index (χ0n) is 18.9. The van der Waals surface area contributed by atoms with Crippen molar-refractivity contribution in [1.82, 2.24) is 0 Å². The molecule has 0 saturated heterocycles. The van der Waals surface area contributed by atoms with Gasteiger partial charge in [0, 0.05) is 3.57 Å². The van der Waals surface area contributed by atoms with E-state index in [0.29, 0.717) is 17.1 Å². The van der Waals surface area contributed by atoms with Gasteiger partial charge < -0.3 is 14.2 Å². The van der Waals surface area contributed by atoms with Crippen molar-refractivity contribution >= 4 is 95.8 Å². The van der Waals surface area contributed by atoms with E-state index in [9.17, 15) is 22.8 Å². The second kappa shape index (κ2) is 11.1. The molecule has 4 atom stereocenters. The second-order valence-corrected chi connectivity index (χ2v) is 14.2. The highest BCUT2D eigenvalue weighted by molar-refractivity contribution is 14.1. The lowest BCUT2D eigenvalue weighted by Gasteiger charge is -2.29. The molecule has 1 fully saturated rings. The minimum atomic E-state index is -4.29. The summed E-state index contributed by atoms with van der Waals surface area (Å²) in [5.74, 6) is -4.02. The number of fused-ring (bicyclic) bond motifs is 2. The Morgan fingerprint density at radius 1 is 1.03 bits per heavy atom. The van der Waals surface area contributed by atoms with E-state index in [1.54, 1.807) is 26.8 Å². The van der Waals surface area contributed by atoms with Gasteiger partial charge in [-0.1, -0.05) is 12.2 Å². The monoisotopic (exact) mass is 844 g/mol. The van der Waals surface area contributed by atoms with E-state index in [0.717, 1.165) is 0 Å². The van der Waals surface area contributed by atoms with E-state index in [2.05, 4.69) is 0 Å². The van der Waals surface area contributed by atoms with E-state index in [1.165, 1.54) is 0 Å². The highest BCUT2D eigenvalue weighted by Crippen LogP contribution is 2.49. The van der Waals surface area contributed by atoms with E-state index in [-0.39, 0.29) is 23.1 Å². The summed E-state index contributed by atoms with van der Waals surface area (Å²) in [4.78, 5) is 38.9. The van der Waals surface area contributed by atoms with Crippen LogP contribution < -0.4 is 4.74 Å². The van der Waals surface area contributed by atoms with Gasteiger partial charge in [0.15, 0.2) is 5.75 Å². The van der Waals surface area contributed by atoms with Crippen LogP contribution in [0, 0.1) is 34.4 Å². The smallest absolute Gasteiger partial charge is 0.340 e. The van der Waals surface area contributed by atoms with Crippen LogP contribution in [-0.4, -0.2) is 48.8 Å². The maximum atomic E-state index is 13.4. The van der Waals surface area contributed by atoms with Gasteiger partial charge in [0.2, 0.25) is 0 Å². The Balaban J connectivity index is 1.84. The van der Waals surface area contributed by atoms with Crippen molar-refractivity contribution in [3.63, 3.8) is 0 Å². The second-order valence-electron chi connectivity index (χ2n) is 9.23. The van der Waals surface area contributed by atoms with Gasteiger partial charge in [-0.15, -0.1) is 0 Å². The Kier molecular flexibility index (Phi) is 9.18. The topological polar surface area (TPSA) is 133 Å². The summed E-state index contributed by atoms with van der Waals surface area (Å²) in [6.45, 7) is 4.79. The lowest BCUT2D eigenvalue weighted by molar-refractivity contribution is -0.166. The van der Waals surface area contributed by atoms with E-state index >= 15 is 0 Å². The average molecular weight is 844 g/mol. The molecule has 0 aliphatic heterocycles. The van der Waals surface area contributed by atoms with Crippen LogP contribution >= 0.6 is 67.8 Å². The molecule has 0 radical (unpaired) electrons. The zero-order valence-corrected chi connectivity index (χ0v) is 26.2. The highest BCUT2D eigenvalue weighted by atomic mass is 127. The molecule has 2 bridgehead atoms. The summed E-state index contributed by atoms with van der Waals surface area (Å²) in [6, 6.07) is 1.64.